The molecule has 1 aliphatic heterocycles. The molecule has 3 atom stereocenters. The van der Waals surface area contributed by atoms with Crippen LogP contribution in [0.25, 0.3) is 0 Å². The molecule has 1 heterocycles. The second kappa shape index (κ2) is 8.44. The molecule has 1 saturated heterocycles. The Balaban J connectivity index is 1.65. The first-order chi connectivity index (χ1) is 13.0. The van der Waals surface area contributed by atoms with Crippen molar-refractivity contribution in [1.29, 1.82) is 0 Å². The van der Waals surface area contributed by atoms with E-state index >= 15 is 0 Å². The van der Waals surface area contributed by atoms with Gasteiger partial charge in [-0.15, -0.1) is 0 Å². The number of hydrogen-bond acceptors (Lipinski definition) is 2. The van der Waals surface area contributed by atoms with E-state index in [0.29, 0.717) is 24.0 Å². The summed E-state index contributed by atoms with van der Waals surface area (Å²) in [6, 6.07) is 14.6. The Morgan fingerprint density at radius 3 is 2.67 bits per heavy atom. The molecule has 142 valence electrons. The third kappa shape index (κ3) is 4.61. The summed E-state index contributed by atoms with van der Waals surface area (Å²) in [7, 11) is 0. The van der Waals surface area contributed by atoms with Crippen molar-refractivity contribution < 1.29 is 18.7 Å². The summed E-state index contributed by atoms with van der Waals surface area (Å²) < 4.78 is 27.5. The van der Waals surface area contributed by atoms with E-state index in [2.05, 4.69) is 6.58 Å². The van der Waals surface area contributed by atoms with Gasteiger partial charge in [-0.05, 0) is 36.1 Å². The van der Waals surface area contributed by atoms with Gasteiger partial charge < -0.3 is 10.0 Å². The Bertz CT molecular complexity index is 809. The number of rotatable bonds is 6. The quantitative estimate of drug-likeness (QED) is 0.759. The fourth-order valence-electron chi connectivity index (χ4n) is 3.50. The van der Waals surface area contributed by atoms with Crippen molar-refractivity contribution >= 4 is 5.91 Å². The lowest BCUT2D eigenvalue weighted by atomic mass is 10.0. The number of amides is 1. The summed E-state index contributed by atoms with van der Waals surface area (Å²) in [5.74, 6) is -0.753. The molecular weight excluding hydrogens is 348 g/mol. The molecule has 0 saturated carbocycles. The second-order valence-electron chi connectivity index (χ2n) is 6.93. The smallest absolute Gasteiger partial charge is 0.249 e. The first-order valence-electron chi connectivity index (χ1n) is 9.07. The minimum atomic E-state index is -1.15. The highest BCUT2D eigenvalue weighted by atomic mass is 19.1. The molecule has 3 unspecified atom stereocenters. The third-order valence-electron chi connectivity index (χ3n) is 4.95. The zero-order valence-electron chi connectivity index (χ0n) is 15.0. The highest BCUT2D eigenvalue weighted by molar-refractivity contribution is 5.93. The number of benzene rings is 2. The summed E-state index contributed by atoms with van der Waals surface area (Å²) in [4.78, 5) is 14.2. The van der Waals surface area contributed by atoms with E-state index in [1.54, 1.807) is 12.1 Å². The lowest BCUT2D eigenvalue weighted by molar-refractivity contribution is -0.128. The van der Waals surface area contributed by atoms with Crippen molar-refractivity contribution in [2.75, 3.05) is 6.54 Å². The number of aliphatic hydroxyl groups excluding tert-OH is 1. The van der Waals surface area contributed by atoms with Crippen molar-refractivity contribution in [3.05, 3.63) is 83.7 Å². The lowest BCUT2D eigenvalue weighted by Gasteiger charge is -2.26. The van der Waals surface area contributed by atoms with Gasteiger partial charge in [0.1, 0.15) is 12.0 Å². The lowest BCUT2D eigenvalue weighted by Crippen LogP contribution is -2.32. The Morgan fingerprint density at radius 2 is 1.96 bits per heavy atom. The van der Waals surface area contributed by atoms with Crippen LogP contribution >= 0.6 is 0 Å². The molecular formula is C22H23F2NO2. The van der Waals surface area contributed by atoms with Crippen LogP contribution in [0.4, 0.5) is 8.78 Å². The van der Waals surface area contributed by atoms with Gasteiger partial charge >= 0.3 is 0 Å². The van der Waals surface area contributed by atoms with E-state index < -0.39 is 24.1 Å². The van der Waals surface area contributed by atoms with Gasteiger partial charge in [0, 0.05) is 12.0 Å². The van der Waals surface area contributed by atoms with Crippen molar-refractivity contribution in [3.8, 4) is 0 Å². The van der Waals surface area contributed by atoms with Gasteiger partial charge in [0.2, 0.25) is 5.91 Å². The van der Waals surface area contributed by atoms with Crippen molar-refractivity contribution in [2.45, 2.75) is 37.6 Å². The SMILES string of the molecule is C=C(CCC(O)c1ccccc1)C(=O)N1CC(F)CC1c1cccc(F)c1. The van der Waals surface area contributed by atoms with Gasteiger partial charge in [0.25, 0.3) is 0 Å². The Hall–Kier alpha value is -2.53. The summed E-state index contributed by atoms with van der Waals surface area (Å²) >= 11 is 0. The maximum atomic E-state index is 14.0. The van der Waals surface area contributed by atoms with E-state index in [0.717, 1.165) is 5.56 Å². The maximum absolute atomic E-state index is 14.0. The molecule has 1 aliphatic rings. The van der Waals surface area contributed by atoms with Gasteiger partial charge in [0.05, 0.1) is 18.7 Å². The molecule has 5 heteroatoms. The van der Waals surface area contributed by atoms with Crippen LogP contribution in [0.2, 0.25) is 0 Å². The third-order valence-corrected chi connectivity index (χ3v) is 4.95. The fraction of sp³-hybridized carbons (Fsp3) is 0.318. The summed E-state index contributed by atoms with van der Waals surface area (Å²) in [5, 5.41) is 10.3. The molecule has 3 nitrogen and oxygen atoms in total. The highest BCUT2D eigenvalue weighted by Crippen LogP contribution is 2.35. The van der Waals surface area contributed by atoms with Crippen LogP contribution in [-0.4, -0.2) is 28.6 Å². The first-order valence-corrected chi connectivity index (χ1v) is 9.07. The predicted molar refractivity (Wildman–Crippen MR) is 100 cm³/mol. The molecule has 27 heavy (non-hydrogen) atoms. The Labute approximate surface area is 157 Å². The average Bonchev–Trinajstić information content (AvgIpc) is 3.07. The van der Waals surface area contributed by atoms with Gasteiger partial charge in [-0.3, -0.25) is 4.79 Å². The van der Waals surface area contributed by atoms with Crippen molar-refractivity contribution in [1.82, 2.24) is 4.90 Å². The summed E-state index contributed by atoms with van der Waals surface area (Å²) in [5.41, 5.74) is 1.68. The van der Waals surface area contributed by atoms with Crippen LogP contribution in [0.15, 0.2) is 66.7 Å². The summed E-state index contributed by atoms with van der Waals surface area (Å²) in [6.07, 6.45) is -1.04. The number of nitrogens with zero attached hydrogens (tertiary/aromatic N) is 1. The molecule has 1 amide bonds. The zero-order chi connectivity index (χ0) is 19.4. The minimum Gasteiger partial charge on any atom is -0.388 e. The molecule has 0 aromatic heterocycles. The average molecular weight is 371 g/mol. The molecule has 3 rings (SSSR count). The molecule has 1 fully saturated rings. The number of likely N-dealkylation sites (tertiary alicyclic amines) is 1. The number of carbonyl (C=O) groups is 1. The van der Waals surface area contributed by atoms with E-state index in [1.807, 2.05) is 30.3 Å². The highest BCUT2D eigenvalue weighted by Gasteiger charge is 2.37. The van der Waals surface area contributed by atoms with E-state index in [4.69, 9.17) is 0 Å². The largest absolute Gasteiger partial charge is 0.388 e. The van der Waals surface area contributed by atoms with Crippen LogP contribution in [0, 0.1) is 5.82 Å². The van der Waals surface area contributed by atoms with Gasteiger partial charge in [-0.25, -0.2) is 8.78 Å². The predicted octanol–water partition coefficient (Wildman–Crippen LogP) is 4.51. The topological polar surface area (TPSA) is 40.5 Å². The van der Waals surface area contributed by atoms with Crippen LogP contribution in [0.3, 0.4) is 0 Å². The van der Waals surface area contributed by atoms with Gasteiger partial charge in [0.15, 0.2) is 0 Å². The van der Waals surface area contributed by atoms with Crippen LogP contribution in [-0.2, 0) is 4.79 Å². The molecule has 0 radical (unpaired) electrons. The Morgan fingerprint density at radius 1 is 1.22 bits per heavy atom. The van der Waals surface area contributed by atoms with E-state index in [1.165, 1.54) is 17.0 Å². The number of hydrogen-bond donors (Lipinski definition) is 1. The van der Waals surface area contributed by atoms with Crippen LogP contribution in [0.5, 0.6) is 0 Å². The standard InChI is InChI=1S/C22H23F2NO2/c1-15(10-11-21(26)16-6-3-2-4-7-16)22(27)25-14-19(24)13-20(25)17-8-5-9-18(23)12-17/h2-9,12,19-21,26H,1,10-11,13-14H2. The first kappa shape index (κ1) is 19.2. The van der Waals surface area contributed by atoms with Crippen molar-refractivity contribution in [3.63, 3.8) is 0 Å². The second-order valence-corrected chi connectivity index (χ2v) is 6.93. The molecule has 0 aliphatic carbocycles. The minimum absolute atomic E-state index is 0.0275. The number of halogens is 2. The molecule has 1 N–H and O–H groups in total. The fourth-order valence-corrected chi connectivity index (χ4v) is 3.50. The summed E-state index contributed by atoms with van der Waals surface area (Å²) in [6.45, 7) is 3.81. The number of alkyl halides is 1. The number of carbonyl (C=O) groups excluding carboxylic acids is 1. The van der Waals surface area contributed by atoms with Gasteiger partial charge in [-0.1, -0.05) is 49.0 Å². The molecule has 0 spiro atoms. The Kier molecular flexibility index (Phi) is 6.01. The molecule has 2 aromatic carbocycles. The maximum Gasteiger partial charge on any atom is 0.249 e. The van der Waals surface area contributed by atoms with Crippen LogP contribution in [0.1, 0.15) is 42.5 Å². The van der Waals surface area contributed by atoms with Crippen LogP contribution < -0.4 is 0 Å². The normalized spacial score (nSPS) is 20.5. The number of aliphatic hydroxyl groups is 1. The van der Waals surface area contributed by atoms with E-state index in [9.17, 15) is 18.7 Å². The monoisotopic (exact) mass is 371 g/mol. The van der Waals surface area contributed by atoms with E-state index in [-0.39, 0.29) is 18.9 Å². The molecule has 0 bridgehead atoms. The zero-order valence-corrected chi connectivity index (χ0v) is 15.0. The molecule has 2 aromatic rings. The van der Waals surface area contributed by atoms with Gasteiger partial charge in [-0.2, -0.15) is 0 Å². The van der Waals surface area contributed by atoms with Crippen molar-refractivity contribution in [2.24, 2.45) is 0 Å².